The fourth-order valence-electron chi connectivity index (χ4n) is 3.09. The highest BCUT2D eigenvalue weighted by atomic mass is 32.1. The van der Waals surface area contributed by atoms with Crippen molar-refractivity contribution >= 4 is 11.3 Å². The van der Waals surface area contributed by atoms with Crippen LogP contribution in [-0.2, 0) is 12.8 Å². The molecule has 0 aliphatic heterocycles. The summed E-state index contributed by atoms with van der Waals surface area (Å²) in [6, 6.07) is 17.5. The molecule has 1 aromatic heterocycles. The minimum absolute atomic E-state index is 0.989. The zero-order chi connectivity index (χ0) is 18.2. The molecule has 0 saturated carbocycles. The normalized spacial score (nSPS) is 11.0. The maximum atomic E-state index is 4.40. The summed E-state index contributed by atoms with van der Waals surface area (Å²) in [6.07, 6.45) is 8.89. The molecule has 0 aliphatic carbocycles. The van der Waals surface area contributed by atoms with Gasteiger partial charge in [-0.3, -0.25) is 0 Å². The molecule has 0 N–H and O–H groups in total. The molecule has 1 heterocycles. The first kappa shape index (κ1) is 18.8. The average Bonchev–Trinajstić information content (AvgIpc) is 3.18. The highest BCUT2D eigenvalue weighted by Gasteiger charge is 2.08. The van der Waals surface area contributed by atoms with Gasteiger partial charge in [0.25, 0.3) is 0 Å². The number of benzene rings is 2. The molecule has 3 heteroatoms. The summed E-state index contributed by atoms with van der Waals surface area (Å²) < 4.78 is 0. The fourth-order valence-corrected chi connectivity index (χ4v) is 3.94. The van der Waals surface area contributed by atoms with Crippen molar-refractivity contribution in [2.75, 3.05) is 0 Å². The first-order valence-electron chi connectivity index (χ1n) is 9.82. The predicted molar refractivity (Wildman–Crippen MR) is 113 cm³/mol. The third-order valence-electron chi connectivity index (χ3n) is 4.80. The Balaban J connectivity index is 1.61. The molecule has 0 fully saturated rings. The highest BCUT2D eigenvalue weighted by Crippen LogP contribution is 2.30. The zero-order valence-electron chi connectivity index (χ0n) is 15.9. The molecule has 0 unspecified atom stereocenters. The van der Waals surface area contributed by atoms with Crippen molar-refractivity contribution in [2.45, 2.75) is 58.8 Å². The van der Waals surface area contributed by atoms with Crippen molar-refractivity contribution in [1.82, 2.24) is 10.2 Å². The Hall–Kier alpha value is -2.00. The van der Waals surface area contributed by atoms with Crippen LogP contribution < -0.4 is 0 Å². The minimum atomic E-state index is 0.989. The molecule has 0 saturated heterocycles. The molecular weight excluding hydrogens is 336 g/mol. The van der Waals surface area contributed by atoms with Gasteiger partial charge in [0.05, 0.1) is 0 Å². The van der Waals surface area contributed by atoms with Gasteiger partial charge in [0.2, 0.25) is 0 Å². The first-order valence-corrected chi connectivity index (χ1v) is 10.6. The van der Waals surface area contributed by atoms with E-state index in [1.54, 1.807) is 11.3 Å². The molecule has 0 amide bonds. The summed E-state index contributed by atoms with van der Waals surface area (Å²) in [5, 5.41) is 10.8. The SMILES string of the molecule is CCCCCCCc1ccc(-c2nnc(-c3ccc(CC)cc3)s2)cc1. The number of aryl methyl sites for hydroxylation is 2. The van der Waals surface area contributed by atoms with E-state index in [9.17, 15) is 0 Å². The number of unbranched alkanes of at least 4 members (excludes halogenated alkanes) is 4. The fraction of sp³-hybridized carbons (Fsp3) is 0.391. The maximum Gasteiger partial charge on any atom is 0.148 e. The van der Waals surface area contributed by atoms with Crippen molar-refractivity contribution in [3.05, 3.63) is 59.7 Å². The third kappa shape index (κ3) is 5.01. The molecule has 0 atom stereocenters. The lowest BCUT2D eigenvalue weighted by molar-refractivity contribution is 0.632. The van der Waals surface area contributed by atoms with Gasteiger partial charge in [-0.05, 0) is 30.4 Å². The predicted octanol–water partition coefficient (Wildman–Crippen LogP) is 6.95. The zero-order valence-corrected chi connectivity index (χ0v) is 16.7. The summed E-state index contributed by atoms with van der Waals surface area (Å²) in [5.74, 6) is 0. The second-order valence-electron chi connectivity index (χ2n) is 6.82. The molecule has 0 radical (unpaired) electrons. The van der Waals surface area contributed by atoms with Crippen molar-refractivity contribution in [1.29, 1.82) is 0 Å². The van der Waals surface area contributed by atoms with Gasteiger partial charge in [-0.15, -0.1) is 10.2 Å². The Morgan fingerprint density at radius 1 is 0.654 bits per heavy atom. The molecule has 2 aromatic carbocycles. The van der Waals surface area contributed by atoms with Crippen molar-refractivity contribution in [2.24, 2.45) is 0 Å². The van der Waals surface area contributed by atoms with Crippen LogP contribution >= 0.6 is 11.3 Å². The van der Waals surface area contributed by atoms with E-state index in [2.05, 4.69) is 72.6 Å². The van der Waals surface area contributed by atoms with Crippen molar-refractivity contribution in [3.63, 3.8) is 0 Å². The molecule has 0 aliphatic rings. The Labute approximate surface area is 161 Å². The van der Waals surface area contributed by atoms with E-state index in [0.29, 0.717) is 0 Å². The van der Waals surface area contributed by atoms with Gasteiger partial charge in [-0.2, -0.15) is 0 Å². The minimum Gasteiger partial charge on any atom is -0.138 e. The lowest BCUT2D eigenvalue weighted by Crippen LogP contribution is -1.86. The topological polar surface area (TPSA) is 25.8 Å². The second-order valence-corrected chi connectivity index (χ2v) is 7.80. The lowest BCUT2D eigenvalue weighted by Gasteiger charge is -2.03. The van der Waals surface area contributed by atoms with Crippen LogP contribution in [0.25, 0.3) is 21.1 Å². The monoisotopic (exact) mass is 364 g/mol. The molecular formula is C23H28N2S. The van der Waals surface area contributed by atoms with Crippen LogP contribution in [0.1, 0.15) is 57.1 Å². The lowest BCUT2D eigenvalue weighted by atomic mass is 10.0. The van der Waals surface area contributed by atoms with Gasteiger partial charge in [-0.1, -0.05) is 99.4 Å². The van der Waals surface area contributed by atoms with E-state index in [1.807, 2.05) is 0 Å². The van der Waals surface area contributed by atoms with E-state index >= 15 is 0 Å². The largest absolute Gasteiger partial charge is 0.148 e. The molecule has 3 aromatic rings. The van der Waals surface area contributed by atoms with Gasteiger partial charge in [-0.25, -0.2) is 0 Å². The molecule has 26 heavy (non-hydrogen) atoms. The standard InChI is InChI=1S/C23H28N2S/c1-3-5-6-7-8-9-19-12-16-21(17-13-19)23-25-24-22(26-23)20-14-10-18(4-2)11-15-20/h10-17H,3-9H2,1-2H3. The smallest absolute Gasteiger partial charge is 0.138 e. The van der Waals surface area contributed by atoms with E-state index in [-0.39, 0.29) is 0 Å². The third-order valence-corrected chi connectivity index (χ3v) is 5.83. The number of nitrogens with zero attached hydrogens (tertiary/aromatic N) is 2. The number of rotatable bonds is 9. The number of aromatic nitrogens is 2. The van der Waals surface area contributed by atoms with Crippen molar-refractivity contribution in [3.8, 4) is 21.1 Å². The van der Waals surface area contributed by atoms with Gasteiger partial charge in [0.1, 0.15) is 10.0 Å². The van der Waals surface area contributed by atoms with Crippen LogP contribution in [0, 0.1) is 0 Å². The summed E-state index contributed by atoms with van der Waals surface area (Å²) in [5.41, 5.74) is 5.08. The Morgan fingerprint density at radius 2 is 1.19 bits per heavy atom. The summed E-state index contributed by atoms with van der Waals surface area (Å²) in [6.45, 7) is 4.44. The van der Waals surface area contributed by atoms with Crippen molar-refractivity contribution < 1.29 is 0 Å². The molecule has 0 bridgehead atoms. The van der Waals surface area contributed by atoms with Gasteiger partial charge < -0.3 is 0 Å². The second kappa shape index (κ2) is 9.63. The van der Waals surface area contributed by atoms with Gasteiger partial charge in [0, 0.05) is 11.1 Å². The molecule has 136 valence electrons. The van der Waals surface area contributed by atoms with E-state index in [0.717, 1.165) is 27.6 Å². The Bertz CT molecular complexity index is 788. The summed E-state index contributed by atoms with van der Waals surface area (Å²) >= 11 is 1.66. The Kier molecular flexibility index (Phi) is 6.96. The first-order chi connectivity index (χ1) is 12.8. The van der Waals surface area contributed by atoms with Crippen LogP contribution in [0.5, 0.6) is 0 Å². The van der Waals surface area contributed by atoms with E-state index in [4.69, 9.17) is 0 Å². The molecule has 0 spiro atoms. The quantitative estimate of drug-likeness (QED) is 0.384. The van der Waals surface area contributed by atoms with Crippen LogP contribution in [0.2, 0.25) is 0 Å². The van der Waals surface area contributed by atoms with E-state index < -0.39 is 0 Å². The van der Waals surface area contributed by atoms with E-state index in [1.165, 1.54) is 49.7 Å². The van der Waals surface area contributed by atoms with Gasteiger partial charge in [0.15, 0.2) is 0 Å². The summed E-state index contributed by atoms with van der Waals surface area (Å²) in [7, 11) is 0. The maximum absolute atomic E-state index is 4.40. The van der Waals surface area contributed by atoms with Crippen LogP contribution in [0.15, 0.2) is 48.5 Å². The number of hydrogen-bond donors (Lipinski definition) is 0. The van der Waals surface area contributed by atoms with Gasteiger partial charge >= 0.3 is 0 Å². The van der Waals surface area contributed by atoms with Crippen LogP contribution in [0.3, 0.4) is 0 Å². The summed E-state index contributed by atoms with van der Waals surface area (Å²) in [4.78, 5) is 0. The highest BCUT2D eigenvalue weighted by molar-refractivity contribution is 7.17. The Morgan fingerprint density at radius 3 is 1.73 bits per heavy atom. The number of hydrogen-bond acceptors (Lipinski definition) is 3. The van der Waals surface area contributed by atoms with Crippen LogP contribution in [-0.4, -0.2) is 10.2 Å². The average molecular weight is 365 g/mol. The van der Waals surface area contributed by atoms with Crippen LogP contribution in [0.4, 0.5) is 0 Å². The molecule has 2 nitrogen and oxygen atoms in total. The molecule has 3 rings (SSSR count).